The smallest absolute Gasteiger partial charge is 0.248 e. The third kappa shape index (κ3) is 4.63. The van der Waals surface area contributed by atoms with Gasteiger partial charge in [-0.3, -0.25) is 14.4 Å². The summed E-state index contributed by atoms with van der Waals surface area (Å²) in [6.07, 6.45) is 0. The Kier molecular flexibility index (Phi) is 7.18. The van der Waals surface area contributed by atoms with Crippen LogP contribution in [0.15, 0.2) is 23.1 Å². The monoisotopic (exact) mass is 483 g/mol. The lowest BCUT2D eigenvalue weighted by atomic mass is 10.1. The van der Waals surface area contributed by atoms with Crippen LogP contribution >= 0.6 is 11.6 Å². The first-order chi connectivity index (χ1) is 15.0. The summed E-state index contributed by atoms with van der Waals surface area (Å²) in [5.74, 6) is 0.538. The van der Waals surface area contributed by atoms with Gasteiger partial charge in [0.05, 0.1) is 19.3 Å². The number of hydrogen-bond donors (Lipinski definition) is 1. The summed E-state index contributed by atoms with van der Waals surface area (Å²) in [4.78, 5) is 14.7. The topological polar surface area (TPSA) is 96.8 Å². The van der Waals surface area contributed by atoms with E-state index in [-0.39, 0.29) is 34.6 Å². The Morgan fingerprint density at radius 2 is 1.88 bits per heavy atom. The minimum Gasteiger partial charge on any atom is -0.496 e. The first kappa shape index (κ1) is 24.5. The van der Waals surface area contributed by atoms with Gasteiger partial charge in [-0.1, -0.05) is 17.7 Å². The van der Waals surface area contributed by atoms with Gasteiger partial charge in [0.2, 0.25) is 15.9 Å². The Balaban J connectivity index is 1.72. The molecular formula is C21H30ClN5O4S. The highest BCUT2D eigenvalue weighted by Gasteiger charge is 2.41. The molecule has 176 valence electrons. The van der Waals surface area contributed by atoms with Crippen LogP contribution in [0.4, 0.5) is 5.69 Å². The molecule has 0 unspecified atom stereocenters. The van der Waals surface area contributed by atoms with Crippen molar-refractivity contribution in [1.29, 1.82) is 0 Å². The predicted molar refractivity (Wildman–Crippen MR) is 124 cm³/mol. The van der Waals surface area contributed by atoms with E-state index in [0.717, 1.165) is 5.56 Å². The van der Waals surface area contributed by atoms with Crippen molar-refractivity contribution in [3.8, 4) is 5.75 Å². The number of benzene rings is 1. The van der Waals surface area contributed by atoms with Crippen molar-refractivity contribution in [2.75, 3.05) is 32.1 Å². The minimum absolute atomic E-state index is 0.0417. The number of aromatic nitrogens is 2. The minimum atomic E-state index is -3.84. The Labute approximate surface area is 194 Å². The third-order valence-corrected chi connectivity index (χ3v) is 8.52. The average Bonchev–Trinajstić information content (AvgIpc) is 2.94. The zero-order valence-electron chi connectivity index (χ0n) is 19.2. The van der Waals surface area contributed by atoms with E-state index >= 15 is 0 Å². The van der Waals surface area contributed by atoms with Crippen LogP contribution in [0.1, 0.15) is 25.1 Å². The number of carbonyl (C=O) groups is 1. The molecule has 1 N–H and O–H groups in total. The maximum atomic E-state index is 13.4. The number of halogens is 1. The molecule has 0 radical (unpaired) electrons. The van der Waals surface area contributed by atoms with Crippen molar-refractivity contribution in [3.05, 3.63) is 34.6 Å². The van der Waals surface area contributed by atoms with Gasteiger partial charge in [-0.15, -0.1) is 0 Å². The Hall–Kier alpha value is -2.14. The van der Waals surface area contributed by atoms with Gasteiger partial charge in [0, 0.05) is 43.5 Å². The highest BCUT2D eigenvalue weighted by atomic mass is 35.5. The molecule has 2 atom stereocenters. The number of hydrogen-bond acceptors (Lipinski definition) is 6. The van der Waals surface area contributed by atoms with E-state index in [9.17, 15) is 13.2 Å². The summed E-state index contributed by atoms with van der Waals surface area (Å²) in [7, 11) is -0.637. The Morgan fingerprint density at radius 1 is 1.25 bits per heavy atom. The molecule has 32 heavy (non-hydrogen) atoms. The molecule has 11 heteroatoms. The van der Waals surface area contributed by atoms with E-state index in [2.05, 4.69) is 10.4 Å². The molecule has 2 aromatic rings. The number of carbonyl (C=O) groups excluding carboxylic acids is 1. The second-order valence-corrected chi connectivity index (χ2v) is 10.4. The quantitative estimate of drug-likeness (QED) is 0.677. The van der Waals surface area contributed by atoms with E-state index in [1.165, 1.54) is 8.99 Å². The molecule has 1 saturated heterocycles. The number of methoxy groups -OCH3 is 1. The van der Waals surface area contributed by atoms with Gasteiger partial charge >= 0.3 is 0 Å². The van der Waals surface area contributed by atoms with Gasteiger partial charge in [0.1, 0.15) is 15.8 Å². The van der Waals surface area contributed by atoms with Crippen molar-refractivity contribution in [3.63, 3.8) is 0 Å². The largest absolute Gasteiger partial charge is 0.496 e. The molecule has 1 amide bonds. The van der Waals surface area contributed by atoms with E-state index < -0.39 is 10.0 Å². The number of nitrogens with zero attached hydrogens (tertiary/aromatic N) is 4. The summed E-state index contributed by atoms with van der Waals surface area (Å²) in [5.41, 5.74) is 1.91. The lowest BCUT2D eigenvalue weighted by Crippen LogP contribution is -2.59. The normalized spacial score (nSPS) is 20.3. The molecular weight excluding hydrogens is 454 g/mol. The summed E-state index contributed by atoms with van der Waals surface area (Å²) >= 11 is 6.24. The fourth-order valence-corrected chi connectivity index (χ4v) is 6.91. The van der Waals surface area contributed by atoms with Crippen LogP contribution < -0.4 is 10.1 Å². The Bertz CT molecular complexity index is 1110. The van der Waals surface area contributed by atoms with Gasteiger partial charge in [0.25, 0.3) is 0 Å². The molecule has 0 spiro atoms. The number of sulfonamides is 1. The third-order valence-electron chi connectivity index (χ3n) is 5.69. The SMILES string of the molecule is COc1cccc(NC(=O)CN2C[C@@H](C)N(S(=O)(=O)c3c(C)nn(C)c3Cl)[C@@H](C)C2)c1C. The standard InChI is InChI=1S/C21H30ClN5O4S/c1-13-10-26(12-19(28)23-17-8-7-9-18(31-6)15(17)3)11-14(2)27(13)32(29,30)20-16(4)24-25(5)21(20)22/h7-9,13-14H,10-12H2,1-6H3,(H,23,28)/t13-,14+. The molecule has 1 aliphatic rings. The number of piperazine rings is 1. The van der Waals surface area contributed by atoms with Crippen molar-refractivity contribution in [2.45, 2.75) is 44.7 Å². The van der Waals surface area contributed by atoms with Crippen molar-refractivity contribution < 1.29 is 17.9 Å². The van der Waals surface area contributed by atoms with Crippen LogP contribution in [0.3, 0.4) is 0 Å². The fraction of sp³-hybridized carbons (Fsp3) is 0.524. The van der Waals surface area contributed by atoms with E-state index in [4.69, 9.17) is 16.3 Å². The second-order valence-electron chi connectivity index (χ2n) is 8.24. The molecule has 2 heterocycles. The van der Waals surface area contributed by atoms with Crippen LogP contribution in [0.5, 0.6) is 5.75 Å². The number of rotatable bonds is 6. The summed E-state index contributed by atoms with van der Waals surface area (Å²) in [6, 6.07) is 4.80. The van der Waals surface area contributed by atoms with Crippen LogP contribution in [0.2, 0.25) is 5.15 Å². The number of aryl methyl sites for hydroxylation is 2. The number of ether oxygens (including phenoxy) is 1. The summed E-state index contributed by atoms with van der Waals surface area (Å²) in [6.45, 7) is 8.19. The molecule has 9 nitrogen and oxygen atoms in total. The van der Waals surface area contributed by atoms with E-state index in [1.807, 2.05) is 43.9 Å². The molecule has 1 aromatic heterocycles. The summed E-state index contributed by atoms with van der Waals surface area (Å²) in [5, 5.41) is 7.16. The fourth-order valence-electron chi connectivity index (χ4n) is 4.39. The molecule has 3 rings (SSSR count). The van der Waals surface area contributed by atoms with Gasteiger partial charge in [-0.25, -0.2) is 8.42 Å². The van der Waals surface area contributed by atoms with Crippen LogP contribution in [-0.2, 0) is 21.9 Å². The maximum Gasteiger partial charge on any atom is 0.248 e. The first-order valence-corrected chi connectivity index (χ1v) is 12.2. The zero-order valence-corrected chi connectivity index (χ0v) is 20.8. The van der Waals surface area contributed by atoms with Gasteiger partial charge in [-0.2, -0.15) is 9.40 Å². The Morgan fingerprint density at radius 3 is 2.41 bits per heavy atom. The van der Waals surface area contributed by atoms with Crippen LogP contribution in [-0.4, -0.2) is 72.1 Å². The van der Waals surface area contributed by atoms with Crippen molar-refractivity contribution in [2.24, 2.45) is 7.05 Å². The molecule has 0 bridgehead atoms. The second kappa shape index (κ2) is 9.38. The average molecular weight is 484 g/mol. The van der Waals surface area contributed by atoms with Gasteiger partial charge in [0.15, 0.2) is 0 Å². The van der Waals surface area contributed by atoms with E-state index in [0.29, 0.717) is 30.2 Å². The maximum absolute atomic E-state index is 13.4. The van der Waals surface area contributed by atoms with Crippen molar-refractivity contribution >= 4 is 33.2 Å². The lowest BCUT2D eigenvalue weighted by molar-refractivity contribution is -0.118. The number of amides is 1. The molecule has 1 fully saturated rings. The van der Waals surface area contributed by atoms with E-state index in [1.54, 1.807) is 21.1 Å². The van der Waals surface area contributed by atoms with Crippen LogP contribution in [0.25, 0.3) is 0 Å². The molecule has 1 aromatic carbocycles. The van der Waals surface area contributed by atoms with Crippen LogP contribution in [0, 0.1) is 13.8 Å². The highest BCUT2D eigenvalue weighted by Crippen LogP contribution is 2.32. The first-order valence-electron chi connectivity index (χ1n) is 10.4. The lowest BCUT2D eigenvalue weighted by Gasteiger charge is -2.43. The molecule has 0 aliphatic carbocycles. The molecule has 1 aliphatic heterocycles. The summed E-state index contributed by atoms with van der Waals surface area (Å²) < 4.78 is 35.0. The zero-order chi connectivity index (χ0) is 23.8. The van der Waals surface area contributed by atoms with Gasteiger partial charge < -0.3 is 10.1 Å². The number of anilines is 1. The number of nitrogens with one attached hydrogen (secondary N) is 1. The van der Waals surface area contributed by atoms with Crippen molar-refractivity contribution in [1.82, 2.24) is 19.0 Å². The highest BCUT2D eigenvalue weighted by molar-refractivity contribution is 7.89. The van der Waals surface area contributed by atoms with Gasteiger partial charge in [-0.05, 0) is 39.8 Å². The molecule has 0 saturated carbocycles. The predicted octanol–water partition coefficient (Wildman–Crippen LogP) is 2.42.